The summed E-state index contributed by atoms with van der Waals surface area (Å²) in [5, 5.41) is 3.42. The highest BCUT2D eigenvalue weighted by molar-refractivity contribution is 5.90. The van der Waals surface area contributed by atoms with Gasteiger partial charge in [-0.3, -0.25) is 4.98 Å². The molecule has 0 aliphatic heterocycles. The maximum absolute atomic E-state index is 11.5. The zero-order valence-electron chi connectivity index (χ0n) is 14.4. The molecule has 0 amide bonds. The number of aromatic nitrogens is 2. The van der Waals surface area contributed by atoms with Gasteiger partial charge in [-0.1, -0.05) is 42.5 Å². The number of fused-ring (bicyclic) bond motifs is 2. The highest BCUT2D eigenvalue weighted by Crippen LogP contribution is 2.24. The first-order chi connectivity index (χ1) is 12.8. The minimum Gasteiger partial charge on any atom is -0.466 e. The fourth-order valence-corrected chi connectivity index (χ4v) is 3.23. The van der Waals surface area contributed by atoms with E-state index >= 15 is 0 Å². The fourth-order valence-electron chi connectivity index (χ4n) is 3.23. The molecule has 0 aliphatic rings. The number of esters is 1. The third kappa shape index (κ3) is 2.97. The predicted octanol–water partition coefficient (Wildman–Crippen LogP) is 4.42. The van der Waals surface area contributed by atoms with Gasteiger partial charge in [-0.2, -0.15) is 0 Å². The number of hydrogen-bond donors (Lipinski definition) is 0. The average molecular weight is 342 g/mol. The van der Waals surface area contributed by atoms with Crippen LogP contribution in [0, 0.1) is 0 Å². The maximum atomic E-state index is 11.5. The molecule has 0 radical (unpaired) electrons. The standard InChI is InChI=1S/C22H18N2O2/c1-26-22(25)11-10-18-14-17-7-3-5-9-21(17)24(18)15-20-19-8-4-2-6-16(19)12-13-23-20/h2-14H,15H2,1H3/b11-10+. The Kier molecular flexibility index (Phi) is 4.23. The van der Waals surface area contributed by atoms with E-state index in [0.29, 0.717) is 6.54 Å². The normalized spacial score (nSPS) is 11.4. The van der Waals surface area contributed by atoms with Gasteiger partial charge < -0.3 is 9.30 Å². The lowest BCUT2D eigenvalue weighted by atomic mass is 10.1. The van der Waals surface area contributed by atoms with E-state index in [9.17, 15) is 4.79 Å². The van der Waals surface area contributed by atoms with E-state index in [1.54, 1.807) is 6.08 Å². The Labute approximate surface area is 151 Å². The Bertz CT molecular complexity index is 1120. The largest absolute Gasteiger partial charge is 0.466 e. The van der Waals surface area contributed by atoms with Crippen LogP contribution in [0.4, 0.5) is 0 Å². The van der Waals surface area contributed by atoms with Crippen LogP contribution in [-0.2, 0) is 16.1 Å². The number of ether oxygens (including phenoxy) is 1. The SMILES string of the molecule is COC(=O)/C=C/c1cc2ccccc2n1Cc1nccc2ccccc12. The molecule has 0 N–H and O–H groups in total. The molecule has 0 aliphatic carbocycles. The predicted molar refractivity (Wildman–Crippen MR) is 104 cm³/mol. The van der Waals surface area contributed by atoms with Gasteiger partial charge in [-0.15, -0.1) is 0 Å². The molecule has 0 spiro atoms. The molecule has 26 heavy (non-hydrogen) atoms. The molecule has 2 heterocycles. The molecule has 0 saturated heterocycles. The topological polar surface area (TPSA) is 44.1 Å². The second-order valence-electron chi connectivity index (χ2n) is 6.05. The first-order valence-electron chi connectivity index (χ1n) is 8.43. The second kappa shape index (κ2) is 6.84. The molecule has 128 valence electrons. The van der Waals surface area contributed by atoms with Gasteiger partial charge in [-0.25, -0.2) is 4.79 Å². The van der Waals surface area contributed by atoms with Gasteiger partial charge >= 0.3 is 5.97 Å². The van der Waals surface area contributed by atoms with Crippen molar-refractivity contribution in [2.24, 2.45) is 0 Å². The van der Waals surface area contributed by atoms with Crippen LogP contribution in [0.25, 0.3) is 27.8 Å². The summed E-state index contributed by atoms with van der Waals surface area (Å²) in [7, 11) is 1.38. The zero-order valence-corrected chi connectivity index (χ0v) is 14.4. The summed E-state index contributed by atoms with van der Waals surface area (Å²) in [5.41, 5.74) is 3.04. The lowest BCUT2D eigenvalue weighted by Crippen LogP contribution is -2.04. The summed E-state index contributed by atoms with van der Waals surface area (Å²) >= 11 is 0. The third-order valence-electron chi connectivity index (χ3n) is 4.50. The smallest absolute Gasteiger partial charge is 0.330 e. The first kappa shape index (κ1) is 16.1. The van der Waals surface area contributed by atoms with Crippen molar-refractivity contribution < 1.29 is 9.53 Å². The summed E-state index contributed by atoms with van der Waals surface area (Å²) in [4.78, 5) is 16.1. The summed E-state index contributed by atoms with van der Waals surface area (Å²) in [6, 6.07) is 20.5. The Morgan fingerprint density at radius 1 is 1.08 bits per heavy atom. The van der Waals surface area contributed by atoms with Crippen molar-refractivity contribution >= 4 is 33.7 Å². The molecule has 4 aromatic rings. The minimum atomic E-state index is -0.370. The van der Waals surface area contributed by atoms with Crippen LogP contribution in [0.1, 0.15) is 11.4 Å². The number of benzene rings is 2. The van der Waals surface area contributed by atoms with E-state index in [-0.39, 0.29) is 5.97 Å². The van der Waals surface area contributed by atoms with Gasteiger partial charge in [0.15, 0.2) is 0 Å². The van der Waals surface area contributed by atoms with Crippen LogP contribution in [0.2, 0.25) is 0 Å². The van der Waals surface area contributed by atoms with Crippen molar-refractivity contribution in [2.45, 2.75) is 6.54 Å². The fraction of sp³-hybridized carbons (Fsp3) is 0.0909. The van der Waals surface area contributed by atoms with Gasteiger partial charge in [-0.05, 0) is 29.7 Å². The van der Waals surface area contributed by atoms with Crippen molar-refractivity contribution in [1.29, 1.82) is 0 Å². The first-order valence-corrected chi connectivity index (χ1v) is 8.43. The highest BCUT2D eigenvalue weighted by Gasteiger charge is 2.10. The number of carbonyl (C=O) groups is 1. The van der Waals surface area contributed by atoms with Crippen molar-refractivity contribution in [3.05, 3.63) is 84.3 Å². The molecule has 2 aromatic carbocycles. The van der Waals surface area contributed by atoms with Crippen LogP contribution in [0.15, 0.2) is 72.9 Å². The molecule has 0 unspecified atom stereocenters. The van der Waals surface area contributed by atoms with Gasteiger partial charge in [0.2, 0.25) is 0 Å². The molecule has 0 fully saturated rings. The van der Waals surface area contributed by atoms with Crippen LogP contribution in [-0.4, -0.2) is 22.6 Å². The molecule has 0 saturated carbocycles. The molecular weight excluding hydrogens is 324 g/mol. The summed E-state index contributed by atoms with van der Waals surface area (Å²) in [6.45, 7) is 0.621. The van der Waals surface area contributed by atoms with E-state index in [2.05, 4.69) is 39.9 Å². The quantitative estimate of drug-likeness (QED) is 0.407. The van der Waals surface area contributed by atoms with Gasteiger partial charge in [0, 0.05) is 34.3 Å². The second-order valence-corrected chi connectivity index (χ2v) is 6.05. The maximum Gasteiger partial charge on any atom is 0.330 e. The molecule has 4 heteroatoms. The molecular formula is C22H18N2O2. The van der Waals surface area contributed by atoms with E-state index in [1.807, 2.05) is 36.5 Å². The summed E-state index contributed by atoms with van der Waals surface area (Å²) < 4.78 is 6.88. The summed E-state index contributed by atoms with van der Waals surface area (Å²) in [5.74, 6) is -0.370. The Morgan fingerprint density at radius 2 is 1.85 bits per heavy atom. The number of hydrogen-bond acceptors (Lipinski definition) is 3. The van der Waals surface area contributed by atoms with Crippen LogP contribution >= 0.6 is 0 Å². The number of carbonyl (C=O) groups excluding carboxylic acids is 1. The van der Waals surface area contributed by atoms with Crippen LogP contribution in [0.3, 0.4) is 0 Å². The number of pyridine rings is 1. The molecule has 4 nitrogen and oxygen atoms in total. The van der Waals surface area contributed by atoms with E-state index in [0.717, 1.165) is 27.7 Å². The van der Waals surface area contributed by atoms with E-state index < -0.39 is 0 Å². The van der Waals surface area contributed by atoms with Gasteiger partial charge in [0.05, 0.1) is 19.3 Å². The zero-order chi connectivity index (χ0) is 17.9. The van der Waals surface area contributed by atoms with Crippen molar-refractivity contribution in [3.8, 4) is 0 Å². The minimum absolute atomic E-state index is 0.370. The lowest BCUT2D eigenvalue weighted by Gasteiger charge is -2.10. The van der Waals surface area contributed by atoms with Gasteiger partial charge in [0.25, 0.3) is 0 Å². The molecule has 0 atom stereocenters. The van der Waals surface area contributed by atoms with E-state index in [1.165, 1.54) is 18.6 Å². The van der Waals surface area contributed by atoms with Crippen LogP contribution in [0.5, 0.6) is 0 Å². The van der Waals surface area contributed by atoms with Crippen molar-refractivity contribution in [1.82, 2.24) is 9.55 Å². The Hall–Kier alpha value is -3.40. The monoisotopic (exact) mass is 342 g/mol. The van der Waals surface area contributed by atoms with E-state index in [4.69, 9.17) is 4.74 Å². The third-order valence-corrected chi connectivity index (χ3v) is 4.50. The van der Waals surface area contributed by atoms with Crippen molar-refractivity contribution in [2.75, 3.05) is 7.11 Å². The van der Waals surface area contributed by atoms with Gasteiger partial charge in [0.1, 0.15) is 0 Å². The molecule has 0 bridgehead atoms. The Balaban J connectivity index is 1.84. The highest BCUT2D eigenvalue weighted by atomic mass is 16.5. The molecule has 4 rings (SSSR count). The average Bonchev–Trinajstić information content (AvgIpc) is 3.04. The number of methoxy groups -OCH3 is 1. The number of rotatable bonds is 4. The Morgan fingerprint density at radius 3 is 2.69 bits per heavy atom. The molecule has 2 aromatic heterocycles. The summed E-state index contributed by atoms with van der Waals surface area (Å²) in [6.07, 6.45) is 5.07. The van der Waals surface area contributed by atoms with Crippen molar-refractivity contribution in [3.63, 3.8) is 0 Å². The lowest BCUT2D eigenvalue weighted by molar-refractivity contribution is -0.134. The van der Waals surface area contributed by atoms with Crippen LogP contribution < -0.4 is 0 Å². The number of nitrogens with zero attached hydrogens (tertiary/aromatic N) is 2. The number of para-hydroxylation sites is 1.